The van der Waals surface area contributed by atoms with Crippen molar-refractivity contribution in [1.29, 1.82) is 0 Å². The van der Waals surface area contributed by atoms with Gasteiger partial charge in [-0.1, -0.05) is 24.8 Å². The molecule has 1 heterocycles. The quantitative estimate of drug-likeness (QED) is 0.864. The number of likely N-dealkylation sites (tertiary alicyclic amines) is 1. The van der Waals surface area contributed by atoms with Gasteiger partial charge in [-0.25, -0.2) is 4.39 Å². The predicted molar refractivity (Wildman–Crippen MR) is 83.3 cm³/mol. The summed E-state index contributed by atoms with van der Waals surface area (Å²) in [6.45, 7) is 5.39. The number of halogens is 1. The number of hydrogen-bond acceptors (Lipinski definition) is 2. The van der Waals surface area contributed by atoms with Crippen molar-refractivity contribution in [1.82, 2.24) is 4.90 Å². The van der Waals surface area contributed by atoms with Crippen molar-refractivity contribution < 1.29 is 9.50 Å². The van der Waals surface area contributed by atoms with Gasteiger partial charge in [0.1, 0.15) is 5.82 Å². The molecule has 21 heavy (non-hydrogen) atoms. The number of benzene rings is 1. The summed E-state index contributed by atoms with van der Waals surface area (Å²) in [5.41, 5.74) is 1.83. The smallest absolute Gasteiger partial charge is 0.124 e. The minimum Gasteiger partial charge on any atom is -0.395 e. The van der Waals surface area contributed by atoms with Crippen LogP contribution >= 0.6 is 0 Å². The van der Waals surface area contributed by atoms with Crippen molar-refractivity contribution in [2.75, 3.05) is 19.7 Å². The number of aliphatic hydroxyl groups is 1. The molecule has 114 valence electrons. The highest BCUT2D eigenvalue weighted by molar-refractivity contribution is 5.41. The molecule has 1 aliphatic heterocycles. The van der Waals surface area contributed by atoms with Crippen LogP contribution in [0.5, 0.6) is 0 Å². The zero-order valence-corrected chi connectivity index (χ0v) is 12.7. The molecule has 0 bridgehead atoms. The number of hydrogen-bond donors (Lipinski definition) is 1. The maximum absolute atomic E-state index is 13.4. The lowest BCUT2D eigenvalue weighted by atomic mass is 10.0. The molecule has 1 fully saturated rings. The predicted octanol–water partition coefficient (Wildman–Crippen LogP) is 3.18. The molecule has 0 amide bonds. The van der Waals surface area contributed by atoms with Crippen LogP contribution < -0.4 is 0 Å². The SMILES string of the molecule is CC1CCCN(Cc2ccc(F)cc2C#CCCO)CC1. The van der Waals surface area contributed by atoms with Crippen molar-refractivity contribution in [2.24, 2.45) is 5.92 Å². The first-order valence-corrected chi connectivity index (χ1v) is 7.79. The molecule has 0 saturated carbocycles. The van der Waals surface area contributed by atoms with E-state index in [1.165, 1.54) is 31.4 Å². The molecule has 1 N–H and O–H groups in total. The maximum atomic E-state index is 13.4. The van der Waals surface area contributed by atoms with Crippen molar-refractivity contribution in [2.45, 2.75) is 39.2 Å². The number of aliphatic hydroxyl groups excluding tert-OH is 1. The lowest BCUT2D eigenvalue weighted by Crippen LogP contribution is -2.24. The number of rotatable bonds is 3. The van der Waals surface area contributed by atoms with Gasteiger partial charge in [-0.2, -0.15) is 0 Å². The van der Waals surface area contributed by atoms with E-state index in [0.29, 0.717) is 6.42 Å². The fraction of sp³-hybridized carbons (Fsp3) is 0.556. The normalized spacial score (nSPS) is 19.7. The number of nitrogens with zero attached hydrogens (tertiary/aromatic N) is 1. The van der Waals surface area contributed by atoms with E-state index in [1.54, 1.807) is 0 Å². The Balaban J connectivity index is 2.10. The molecular formula is C18H24FNO. The molecule has 1 aromatic carbocycles. The van der Waals surface area contributed by atoms with Crippen LogP contribution in [0.4, 0.5) is 4.39 Å². The highest BCUT2D eigenvalue weighted by Gasteiger charge is 2.15. The van der Waals surface area contributed by atoms with E-state index >= 15 is 0 Å². The Morgan fingerprint density at radius 3 is 3.00 bits per heavy atom. The summed E-state index contributed by atoms with van der Waals surface area (Å²) in [6, 6.07) is 4.85. The Labute approximate surface area is 127 Å². The van der Waals surface area contributed by atoms with Crippen LogP contribution in [0.15, 0.2) is 18.2 Å². The molecule has 2 rings (SSSR count). The van der Waals surface area contributed by atoms with E-state index in [0.717, 1.165) is 36.7 Å². The summed E-state index contributed by atoms with van der Waals surface area (Å²) >= 11 is 0. The minimum atomic E-state index is -0.253. The summed E-state index contributed by atoms with van der Waals surface area (Å²) in [7, 11) is 0. The van der Waals surface area contributed by atoms with Gasteiger partial charge in [0.15, 0.2) is 0 Å². The average Bonchev–Trinajstić information content (AvgIpc) is 2.67. The second-order valence-corrected chi connectivity index (χ2v) is 5.89. The van der Waals surface area contributed by atoms with Crippen LogP contribution in [-0.4, -0.2) is 29.7 Å². The highest BCUT2D eigenvalue weighted by atomic mass is 19.1. The van der Waals surface area contributed by atoms with E-state index in [1.807, 2.05) is 6.07 Å². The van der Waals surface area contributed by atoms with Crippen LogP contribution in [0.3, 0.4) is 0 Å². The minimum absolute atomic E-state index is 0.0433. The molecule has 0 spiro atoms. The van der Waals surface area contributed by atoms with Gasteiger partial charge in [-0.15, -0.1) is 0 Å². The first kappa shape index (κ1) is 16.0. The molecule has 1 unspecified atom stereocenters. The van der Waals surface area contributed by atoms with Crippen LogP contribution in [0, 0.1) is 23.6 Å². The van der Waals surface area contributed by atoms with Crippen molar-refractivity contribution >= 4 is 0 Å². The fourth-order valence-electron chi connectivity index (χ4n) is 2.74. The summed E-state index contributed by atoms with van der Waals surface area (Å²) in [5.74, 6) is 6.43. The van der Waals surface area contributed by atoms with Crippen LogP contribution in [-0.2, 0) is 6.54 Å². The molecule has 2 nitrogen and oxygen atoms in total. The molecule has 0 aromatic heterocycles. The van der Waals surface area contributed by atoms with Crippen LogP contribution in [0.1, 0.15) is 43.7 Å². The fourth-order valence-corrected chi connectivity index (χ4v) is 2.74. The summed E-state index contributed by atoms with van der Waals surface area (Å²) in [5, 5.41) is 8.80. The van der Waals surface area contributed by atoms with Gasteiger partial charge in [-0.3, -0.25) is 4.90 Å². The lowest BCUT2D eigenvalue weighted by Gasteiger charge is -2.20. The van der Waals surface area contributed by atoms with Gasteiger partial charge < -0.3 is 5.11 Å². The van der Waals surface area contributed by atoms with E-state index < -0.39 is 0 Å². The lowest BCUT2D eigenvalue weighted by molar-refractivity contribution is 0.273. The van der Waals surface area contributed by atoms with Crippen molar-refractivity contribution in [3.8, 4) is 11.8 Å². The average molecular weight is 289 g/mol. The van der Waals surface area contributed by atoms with Gasteiger partial charge in [0, 0.05) is 18.5 Å². The van der Waals surface area contributed by atoms with E-state index in [4.69, 9.17) is 5.11 Å². The van der Waals surface area contributed by atoms with Crippen molar-refractivity contribution in [3.63, 3.8) is 0 Å². The molecule has 3 heteroatoms. The van der Waals surface area contributed by atoms with Crippen LogP contribution in [0.25, 0.3) is 0 Å². The zero-order chi connectivity index (χ0) is 15.1. The standard InChI is InChI=1S/C18H24FNO/c1-15-5-4-10-20(11-9-15)14-17-7-8-18(19)13-16(17)6-2-3-12-21/h7-8,13,15,21H,3-5,9-12,14H2,1H3. The molecule has 1 aromatic rings. The first-order chi connectivity index (χ1) is 10.2. The van der Waals surface area contributed by atoms with E-state index in [2.05, 4.69) is 23.7 Å². The topological polar surface area (TPSA) is 23.5 Å². The Kier molecular flexibility index (Phi) is 6.22. The van der Waals surface area contributed by atoms with Gasteiger partial charge in [0.25, 0.3) is 0 Å². The molecule has 0 radical (unpaired) electrons. The van der Waals surface area contributed by atoms with Gasteiger partial charge in [-0.05, 0) is 56.0 Å². The first-order valence-electron chi connectivity index (χ1n) is 7.79. The Hall–Kier alpha value is -1.37. The van der Waals surface area contributed by atoms with Gasteiger partial charge in [0.2, 0.25) is 0 Å². The van der Waals surface area contributed by atoms with Crippen LogP contribution in [0.2, 0.25) is 0 Å². The maximum Gasteiger partial charge on any atom is 0.124 e. The third-order valence-electron chi connectivity index (χ3n) is 4.04. The molecule has 1 saturated heterocycles. The largest absolute Gasteiger partial charge is 0.395 e. The zero-order valence-electron chi connectivity index (χ0n) is 12.7. The summed E-state index contributed by atoms with van der Waals surface area (Å²) in [4.78, 5) is 2.44. The third kappa shape index (κ3) is 5.15. The van der Waals surface area contributed by atoms with E-state index in [9.17, 15) is 4.39 Å². The molecule has 0 aliphatic carbocycles. The van der Waals surface area contributed by atoms with Gasteiger partial charge >= 0.3 is 0 Å². The summed E-state index contributed by atoms with van der Waals surface area (Å²) < 4.78 is 13.4. The second kappa shape index (κ2) is 8.17. The Morgan fingerprint density at radius 2 is 2.19 bits per heavy atom. The molecule has 1 atom stereocenters. The van der Waals surface area contributed by atoms with E-state index in [-0.39, 0.29) is 12.4 Å². The Morgan fingerprint density at radius 1 is 1.33 bits per heavy atom. The molecule has 1 aliphatic rings. The molecular weight excluding hydrogens is 265 g/mol. The monoisotopic (exact) mass is 289 g/mol. The van der Waals surface area contributed by atoms with Gasteiger partial charge in [0.05, 0.1) is 6.61 Å². The second-order valence-electron chi connectivity index (χ2n) is 5.89. The third-order valence-corrected chi connectivity index (χ3v) is 4.04. The van der Waals surface area contributed by atoms with Crippen molar-refractivity contribution in [3.05, 3.63) is 35.1 Å². The Bertz CT molecular complexity index is 518. The highest BCUT2D eigenvalue weighted by Crippen LogP contribution is 2.19. The summed E-state index contributed by atoms with van der Waals surface area (Å²) in [6.07, 6.45) is 4.18.